The number of benzene rings is 3. The number of amides is 3. The molecule has 0 aliphatic heterocycles. The molecule has 10 heteroatoms. The minimum Gasteiger partial charge on any atom is -0.459 e. The zero-order valence-corrected chi connectivity index (χ0v) is 28.7. The fourth-order valence-electron chi connectivity index (χ4n) is 4.83. The summed E-state index contributed by atoms with van der Waals surface area (Å²) in [6.45, 7) is 11.0. The number of ether oxygens (including phenoxy) is 3. The number of alkyl carbamates (subject to hydrolysis) is 1. The van der Waals surface area contributed by atoms with Gasteiger partial charge in [0.2, 0.25) is 11.8 Å². The number of carbonyl (C=O) groups is 4. The fourth-order valence-corrected chi connectivity index (χ4v) is 4.83. The highest BCUT2D eigenvalue weighted by atomic mass is 16.6. The van der Waals surface area contributed by atoms with Gasteiger partial charge in [-0.3, -0.25) is 9.59 Å². The Balaban J connectivity index is 1.84. The van der Waals surface area contributed by atoms with Crippen molar-refractivity contribution in [3.63, 3.8) is 0 Å². The average Bonchev–Trinajstić information content (AvgIpc) is 3.04. The molecule has 0 aliphatic rings. The SMILES string of the molecule is CC(C)C[C@H](NC(=O)[C@@H](NC(=O)[C@H](Cc1ccccc1)NC(=O)OC(C)(C)C)[C@@H](C)OCc1ccccc1)C(=O)OCc1ccccc1. The van der Waals surface area contributed by atoms with Crippen LogP contribution >= 0.6 is 0 Å². The van der Waals surface area contributed by atoms with E-state index in [-0.39, 0.29) is 25.6 Å². The van der Waals surface area contributed by atoms with E-state index in [0.29, 0.717) is 6.42 Å². The standard InChI is InChI=1S/C38H49N3O7/c1-26(2)22-32(36(44)47-25-30-20-14-9-15-21-30)39-35(43)33(27(3)46-24-29-18-12-8-13-19-29)41-34(42)31(23-28-16-10-7-11-17-28)40-37(45)48-38(4,5)6/h7-21,26-27,31-33H,22-25H2,1-6H3,(H,39,43)(H,40,45)(H,41,42)/t27-,31+,32+,33+/m1/s1. The van der Waals surface area contributed by atoms with Gasteiger partial charge in [-0.1, -0.05) is 105 Å². The third kappa shape index (κ3) is 13.6. The average molecular weight is 660 g/mol. The predicted molar refractivity (Wildman–Crippen MR) is 184 cm³/mol. The van der Waals surface area contributed by atoms with Crippen LogP contribution in [-0.4, -0.2) is 53.7 Å². The van der Waals surface area contributed by atoms with Crippen molar-refractivity contribution in [3.8, 4) is 0 Å². The second-order valence-corrected chi connectivity index (χ2v) is 13.2. The molecule has 0 radical (unpaired) electrons. The van der Waals surface area contributed by atoms with Crippen molar-refractivity contribution in [3.05, 3.63) is 108 Å². The zero-order chi connectivity index (χ0) is 35.1. The fraction of sp³-hybridized carbons (Fsp3) is 0.421. The van der Waals surface area contributed by atoms with Crippen molar-refractivity contribution >= 4 is 23.9 Å². The molecule has 0 fully saturated rings. The van der Waals surface area contributed by atoms with Gasteiger partial charge >= 0.3 is 12.1 Å². The molecule has 0 heterocycles. The molecule has 4 atom stereocenters. The molecular formula is C38H49N3O7. The third-order valence-electron chi connectivity index (χ3n) is 7.23. The van der Waals surface area contributed by atoms with Crippen molar-refractivity contribution in [2.45, 2.75) is 97.4 Å². The van der Waals surface area contributed by atoms with Crippen molar-refractivity contribution < 1.29 is 33.4 Å². The molecule has 258 valence electrons. The summed E-state index contributed by atoms with van der Waals surface area (Å²) in [5, 5.41) is 8.27. The Bertz CT molecular complexity index is 1440. The molecule has 3 aromatic carbocycles. The summed E-state index contributed by atoms with van der Waals surface area (Å²) >= 11 is 0. The van der Waals surface area contributed by atoms with E-state index >= 15 is 0 Å². The highest BCUT2D eigenvalue weighted by Gasteiger charge is 2.35. The minimum absolute atomic E-state index is 0.0488. The Morgan fingerprint density at radius 3 is 1.69 bits per heavy atom. The summed E-state index contributed by atoms with van der Waals surface area (Å²) in [4.78, 5) is 53.9. The van der Waals surface area contributed by atoms with Gasteiger partial charge in [-0.15, -0.1) is 0 Å². The van der Waals surface area contributed by atoms with Gasteiger partial charge in [0, 0.05) is 6.42 Å². The summed E-state index contributed by atoms with van der Waals surface area (Å²) in [7, 11) is 0. The maximum Gasteiger partial charge on any atom is 0.408 e. The highest BCUT2D eigenvalue weighted by Crippen LogP contribution is 2.13. The first-order valence-electron chi connectivity index (χ1n) is 16.3. The number of esters is 1. The lowest BCUT2D eigenvalue weighted by Crippen LogP contribution is -2.60. The smallest absolute Gasteiger partial charge is 0.408 e. The number of nitrogens with one attached hydrogen (secondary N) is 3. The largest absolute Gasteiger partial charge is 0.459 e. The van der Waals surface area contributed by atoms with Gasteiger partial charge in [0.1, 0.15) is 30.3 Å². The second kappa shape index (κ2) is 18.6. The van der Waals surface area contributed by atoms with Crippen LogP contribution in [0.3, 0.4) is 0 Å². The molecule has 48 heavy (non-hydrogen) atoms. The van der Waals surface area contributed by atoms with Gasteiger partial charge in [0.15, 0.2) is 0 Å². The Hall–Kier alpha value is -4.70. The minimum atomic E-state index is -1.23. The van der Waals surface area contributed by atoms with Gasteiger partial charge < -0.3 is 30.2 Å². The first kappa shape index (κ1) is 37.8. The molecule has 0 spiro atoms. The van der Waals surface area contributed by atoms with Crippen LogP contribution in [0.25, 0.3) is 0 Å². The first-order valence-corrected chi connectivity index (χ1v) is 16.3. The summed E-state index contributed by atoms with van der Waals surface area (Å²) in [5.41, 5.74) is 1.70. The van der Waals surface area contributed by atoms with Crippen LogP contribution in [0.2, 0.25) is 0 Å². The lowest BCUT2D eigenvalue weighted by atomic mass is 10.0. The molecule has 3 rings (SSSR count). The molecule has 3 amide bonds. The first-order chi connectivity index (χ1) is 22.8. The van der Waals surface area contributed by atoms with E-state index in [1.165, 1.54) is 0 Å². The maximum absolute atomic E-state index is 14.0. The van der Waals surface area contributed by atoms with Crippen LogP contribution in [-0.2, 0) is 48.2 Å². The molecule has 0 saturated carbocycles. The Morgan fingerprint density at radius 2 is 1.17 bits per heavy atom. The molecular weight excluding hydrogens is 610 g/mol. The van der Waals surface area contributed by atoms with Crippen molar-refractivity contribution in [1.82, 2.24) is 16.0 Å². The quantitative estimate of drug-likeness (QED) is 0.173. The highest BCUT2D eigenvalue weighted by molar-refractivity contribution is 5.93. The van der Waals surface area contributed by atoms with E-state index in [1.54, 1.807) is 27.7 Å². The van der Waals surface area contributed by atoms with Crippen molar-refractivity contribution in [2.24, 2.45) is 5.92 Å². The Labute approximate surface area is 283 Å². The number of rotatable bonds is 16. The lowest BCUT2D eigenvalue weighted by molar-refractivity contribution is -0.150. The lowest BCUT2D eigenvalue weighted by Gasteiger charge is -2.29. The van der Waals surface area contributed by atoms with E-state index in [9.17, 15) is 19.2 Å². The second-order valence-electron chi connectivity index (χ2n) is 13.2. The van der Waals surface area contributed by atoms with Crippen LogP contribution in [0.15, 0.2) is 91.0 Å². The topological polar surface area (TPSA) is 132 Å². The third-order valence-corrected chi connectivity index (χ3v) is 7.23. The number of hydrogen-bond donors (Lipinski definition) is 3. The number of hydrogen-bond acceptors (Lipinski definition) is 7. The van der Waals surface area contributed by atoms with Crippen LogP contribution in [0, 0.1) is 5.92 Å². The van der Waals surface area contributed by atoms with Gasteiger partial charge in [-0.2, -0.15) is 0 Å². The van der Waals surface area contributed by atoms with Crippen LogP contribution in [0.4, 0.5) is 4.79 Å². The monoisotopic (exact) mass is 659 g/mol. The Morgan fingerprint density at radius 1 is 0.646 bits per heavy atom. The number of carbonyl (C=O) groups excluding carboxylic acids is 4. The van der Waals surface area contributed by atoms with Crippen molar-refractivity contribution in [2.75, 3.05) is 0 Å². The van der Waals surface area contributed by atoms with E-state index in [4.69, 9.17) is 14.2 Å². The maximum atomic E-state index is 14.0. The molecule has 10 nitrogen and oxygen atoms in total. The van der Waals surface area contributed by atoms with Crippen LogP contribution in [0.1, 0.15) is 64.7 Å². The summed E-state index contributed by atoms with van der Waals surface area (Å²) < 4.78 is 17.1. The summed E-state index contributed by atoms with van der Waals surface area (Å²) in [6, 6.07) is 24.6. The molecule has 0 aromatic heterocycles. The van der Waals surface area contributed by atoms with Crippen LogP contribution < -0.4 is 16.0 Å². The summed E-state index contributed by atoms with van der Waals surface area (Å²) in [5.74, 6) is -1.78. The molecule has 0 aliphatic carbocycles. The summed E-state index contributed by atoms with van der Waals surface area (Å²) in [6.07, 6.45) is -1.14. The van der Waals surface area contributed by atoms with Crippen molar-refractivity contribution in [1.29, 1.82) is 0 Å². The van der Waals surface area contributed by atoms with Gasteiger partial charge in [0.05, 0.1) is 12.7 Å². The van der Waals surface area contributed by atoms with E-state index < -0.39 is 53.7 Å². The Kier molecular flexibility index (Phi) is 14.6. The predicted octanol–water partition coefficient (Wildman–Crippen LogP) is 5.49. The van der Waals surface area contributed by atoms with Gasteiger partial charge in [-0.25, -0.2) is 9.59 Å². The van der Waals surface area contributed by atoms with E-state index in [0.717, 1.165) is 16.7 Å². The zero-order valence-electron chi connectivity index (χ0n) is 28.7. The molecule has 0 saturated heterocycles. The van der Waals surface area contributed by atoms with E-state index in [2.05, 4.69) is 16.0 Å². The van der Waals surface area contributed by atoms with Crippen LogP contribution in [0.5, 0.6) is 0 Å². The van der Waals surface area contributed by atoms with Gasteiger partial charge in [0.25, 0.3) is 0 Å². The molecule has 0 bridgehead atoms. The normalized spacial score (nSPS) is 13.8. The molecule has 3 aromatic rings. The van der Waals surface area contributed by atoms with Gasteiger partial charge in [-0.05, 0) is 56.7 Å². The molecule has 0 unspecified atom stereocenters. The van der Waals surface area contributed by atoms with E-state index in [1.807, 2.05) is 105 Å². The molecule has 3 N–H and O–H groups in total.